The van der Waals surface area contributed by atoms with E-state index >= 15 is 4.79 Å². The molecule has 0 heterocycles. The van der Waals surface area contributed by atoms with Gasteiger partial charge in [0.05, 0.1) is 12.1 Å². The number of Topliss-reactive ketones (excluding diaryl/α,β-unsaturated/α-hetero) is 1. The second-order valence-electron chi connectivity index (χ2n) is 15.9. The first-order valence-corrected chi connectivity index (χ1v) is 20.7. The average Bonchev–Trinajstić information content (AvgIpc) is 3.22. The number of carbonyl (C=O) groups is 7. The van der Waals surface area contributed by atoms with Crippen molar-refractivity contribution in [3.63, 3.8) is 0 Å². The highest BCUT2D eigenvalue weighted by Crippen LogP contribution is 2.33. The van der Waals surface area contributed by atoms with E-state index in [4.69, 9.17) is 10.5 Å². The molecule has 7 N–H and O–H groups in total. The van der Waals surface area contributed by atoms with Crippen LogP contribution in [0.1, 0.15) is 76.1 Å². The Hall–Kier alpha value is -5.54. The molecule has 0 aliphatic rings. The van der Waals surface area contributed by atoms with E-state index in [1.165, 1.54) is 7.05 Å². The van der Waals surface area contributed by atoms with Crippen LogP contribution in [0.15, 0.2) is 84.9 Å². The van der Waals surface area contributed by atoms with Gasteiger partial charge in [0.2, 0.25) is 29.5 Å². The zero-order valence-corrected chi connectivity index (χ0v) is 36.4. The fraction of sp³-hybridized carbons (Fsp3) is 0.444. The maximum Gasteiger partial charge on any atom is 0.414 e. The van der Waals surface area contributed by atoms with Gasteiger partial charge in [-0.2, -0.15) is 12.6 Å². The number of rotatable bonds is 20. The number of alkyl carbamates (subject to hydrolysis) is 1. The zero-order valence-electron chi connectivity index (χ0n) is 35.5. The third-order valence-corrected chi connectivity index (χ3v) is 10.5. The molecule has 324 valence electrons. The summed E-state index contributed by atoms with van der Waals surface area (Å²) in [6.07, 6.45) is -1.43. The molecule has 0 fully saturated rings. The normalized spacial score (nSPS) is 14.8. The van der Waals surface area contributed by atoms with Crippen LogP contribution in [-0.4, -0.2) is 84.0 Å². The van der Waals surface area contributed by atoms with Gasteiger partial charge in [-0.3, -0.25) is 34.1 Å². The summed E-state index contributed by atoms with van der Waals surface area (Å²) in [7, 11) is 1.41. The monoisotopic (exact) mass is 844 g/mol. The lowest BCUT2D eigenvalue weighted by atomic mass is 9.69. The average molecular weight is 845 g/mol. The van der Waals surface area contributed by atoms with Crippen LogP contribution in [0.5, 0.6) is 0 Å². The molecule has 3 aromatic carbocycles. The molecule has 0 saturated carbocycles. The fourth-order valence-electron chi connectivity index (χ4n) is 6.56. The number of nitrogens with one attached hydrogen (secondary N) is 5. The highest BCUT2D eigenvalue weighted by Gasteiger charge is 2.50. The van der Waals surface area contributed by atoms with E-state index in [1.807, 2.05) is 38.1 Å². The second-order valence-corrected chi connectivity index (χ2v) is 16.3. The minimum absolute atomic E-state index is 0.0293. The first kappa shape index (κ1) is 48.8. The van der Waals surface area contributed by atoms with Crippen molar-refractivity contribution in [1.82, 2.24) is 26.6 Å². The Kier molecular flexibility index (Phi) is 18.5. The van der Waals surface area contributed by atoms with E-state index in [1.54, 1.807) is 88.4 Å². The number of benzene rings is 3. The predicted molar refractivity (Wildman–Crippen MR) is 233 cm³/mol. The standard InChI is InChI=1S/C45H60N6O8S/c1-8-29(3)37(51-39(54)33(46)27-60)41(56)49-35(25-30-15-11-9-12-16-30)40(55)48-34(23-24-36(52)50-43(58)59-44(4,5)6)38(53)45(42(57)47-7,32-17-13-10-14-18-32)26-31-21-19-28(2)20-22-31/h9-22,29,33-35,37,60H,8,23-27,46H2,1-7H3,(H,47,57)(H,48,55)(H,49,56)(H,51,54)(H,50,52,58)/t29-,33-,34-,35-,37-,45-/m0/s1. The van der Waals surface area contributed by atoms with Crippen LogP contribution in [0.25, 0.3) is 0 Å². The molecule has 14 nitrogen and oxygen atoms in total. The van der Waals surface area contributed by atoms with E-state index in [0.29, 0.717) is 23.1 Å². The number of imide groups is 1. The van der Waals surface area contributed by atoms with Crippen molar-refractivity contribution in [2.24, 2.45) is 11.7 Å². The van der Waals surface area contributed by atoms with E-state index in [0.717, 1.165) is 5.56 Å². The summed E-state index contributed by atoms with van der Waals surface area (Å²) in [6.45, 7) is 10.4. The zero-order chi connectivity index (χ0) is 44.6. The Bertz CT molecular complexity index is 1940. The minimum atomic E-state index is -1.93. The Labute approximate surface area is 358 Å². The summed E-state index contributed by atoms with van der Waals surface area (Å²) >= 11 is 4.11. The Morgan fingerprint density at radius 3 is 1.90 bits per heavy atom. The van der Waals surface area contributed by atoms with Crippen LogP contribution < -0.4 is 32.3 Å². The van der Waals surface area contributed by atoms with E-state index < -0.39 is 83.0 Å². The molecule has 3 aromatic rings. The van der Waals surface area contributed by atoms with E-state index in [2.05, 4.69) is 39.2 Å². The van der Waals surface area contributed by atoms with Gasteiger partial charge < -0.3 is 31.7 Å². The molecular formula is C45H60N6O8S. The molecular weight excluding hydrogens is 785 g/mol. The molecule has 0 spiro atoms. The van der Waals surface area contributed by atoms with Gasteiger partial charge in [-0.05, 0) is 63.1 Å². The number of aryl methyl sites for hydroxylation is 1. The first-order valence-electron chi connectivity index (χ1n) is 20.1. The van der Waals surface area contributed by atoms with Crippen LogP contribution in [0, 0.1) is 12.8 Å². The molecule has 0 aliphatic heterocycles. The van der Waals surface area contributed by atoms with Crippen LogP contribution in [0.2, 0.25) is 0 Å². The van der Waals surface area contributed by atoms with Gasteiger partial charge in [-0.1, -0.05) is 111 Å². The molecule has 0 bridgehead atoms. The van der Waals surface area contributed by atoms with Gasteiger partial charge in [0.15, 0.2) is 5.78 Å². The summed E-state index contributed by atoms with van der Waals surface area (Å²) in [5.74, 6) is -4.57. The van der Waals surface area contributed by atoms with Gasteiger partial charge in [0.25, 0.3) is 0 Å². The summed E-state index contributed by atoms with van der Waals surface area (Å²) in [6, 6.07) is 19.7. The lowest BCUT2D eigenvalue weighted by Gasteiger charge is -2.35. The summed E-state index contributed by atoms with van der Waals surface area (Å²) in [4.78, 5) is 97.0. The van der Waals surface area contributed by atoms with Gasteiger partial charge in [0.1, 0.15) is 23.1 Å². The van der Waals surface area contributed by atoms with Crippen molar-refractivity contribution in [3.8, 4) is 0 Å². The number of likely N-dealkylation sites (N-methyl/N-ethyl adjacent to an activating group) is 1. The Morgan fingerprint density at radius 2 is 1.35 bits per heavy atom. The highest BCUT2D eigenvalue weighted by atomic mass is 32.1. The molecule has 15 heteroatoms. The van der Waals surface area contributed by atoms with Crippen molar-refractivity contribution >= 4 is 54.0 Å². The van der Waals surface area contributed by atoms with Gasteiger partial charge in [-0.25, -0.2) is 4.79 Å². The fourth-order valence-corrected chi connectivity index (χ4v) is 6.73. The minimum Gasteiger partial charge on any atom is -0.444 e. The van der Waals surface area contributed by atoms with Gasteiger partial charge >= 0.3 is 6.09 Å². The van der Waals surface area contributed by atoms with Crippen LogP contribution in [0.4, 0.5) is 4.79 Å². The number of hydrogen-bond donors (Lipinski definition) is 7. The predicted octanol–water partition coefficient (Wildman–Crippen LogP) is 3.62. The van der Waals surface area contributed by atoms with E-state index in [-0.39, 0.29) is 30.9 Å². The number of hydrogen-bond acceptors (Lipinski definition) is 10. The number of amides is 6. The lowest BCUT2D eigenvalue weighted by molar-refractivity contribution is -0.140. The molecule has 0 aromatic heterocycles. The Morgan fingerprint density at radius 1 is 0.767 bits per heavy atom. The maximum atomic E-state index is 15.4. The lowest BCUT2D eigenvalue weighted by Crippen LogP contribution is -2.61. The number of nitrogens with two attached hydrogens (primary N) is 1. The van der Waals surface area contributed by atoms with Crippen molar-refractivity contribution in [3.05, 3.63) is 107 Å². The Balaban J connectivity index is 2.15. The largest absolute Gasteiger partial charge is 0.444 e. The van der Waals surface area contributed by atoms with E-state index in [9.17, 15) is 28.8 Å². The van der Waals surface area contributed by atoms with Crippen molar-refractivity contribution < 1.29 is 38.3 Å². The molecule has 0 unspecified atom stereocenters. The number of carbonyl (C=O) groups excluding carboxylic acids is 7. The smallest absolute Gasteiger partial charge is 0.414 e. The molecule has 0 radical (unpaired) electrons. The maximum absolute atomic E-state index is 15.4. The van der Waals surface area contributed by atoms with Gasteiger partial charge in [-0.15, -0.1) is 0 Å². The molecule has 0 saturated heterocycles. The summed E-state index contributed by atoms with van der Waals surface area (Å²) in [5.41, 5.74) is 5.70. The van der Waals surface area contributed by atoms with Crippen molar-refractivity contribution in [2.75, 3.05) is 12.8 Å². The van der Waals surface area contributed by atoms with Crippen molar-refractivity contribution in [1.29, 1.82) is 0 Å². The number of thiol groups is 1. The highest BCUT2D eigenvalue weighted by molar-refractivity contribution is 7.80. The van der Waals surface area contributed by atoms with Crippen LogP contribution >= 0.6 is 12.6 Å². The van der Waals surface area contributed by atoms with Crippen LogP contribution in [0.3, 0.4) is 0 Å². The molecule has 3 rings (SSSR count). The molecule has 0 aliphatic carbocycles. The summed E-state index contributed by atoms with van der Waals surface area (Å²) < 4.78 is 5.23. The second kappa shape index (κ2) is 22.7. The third-order valence-electron chi connectivity index (χ3n) is 10.1. The molecule has 6 amide bonds. The third kappa shape index (κ3) is 14.0. The summed E-state index contributed by atoms with van der Waals surface area (Å²) in [5, 5.41) is 13.1. The number of ketones is 1. The molecule has 6 atom stereocenters. The molecule has 60 heavy (non-hydrogen) atoms. The topological polar surface area (TPSA) is 215 Å². The van der Waals surface area contributed by atoms with Gasteiger partial charge in [0, 0.05) is 25.6 Å². The van der Waals surface area contributed by atoms with Crippen LogP contribution in [-0.2, 0) is 51.8 Å². The quantitative estimate of drug-likeness (QED) is 0.0653. The van der Waals surface area contributed by atoms with Crippen molar-refractivity contribution in [2.45, 2.75) is 109 Å². The SMILES string of the molecule is CC[C@H](C)[C@H](NC(=O)[C@@H](N)CS)C(=O)N[C@@H](Cc1ccccc1)C(=O)N[C@@H](CCC(=O)NC(=O)OC(C)(C)C)C(=O)[C@@](Cc1ccc(C)cc1)(C(=O)NC)c1ccccc1. The number of ether oxygens (including phenoxy) is 1. The first-order chi connectivity index (χ1) is 28.3.